The Morgan fingerprint density at radius 3 is 2.88 bits per heavy atom. The molecule has 7 nitrogen and oxygen atoms in total. The van der Waals surface area contributed by atoms with Gasteiger partial charge >= 0.3 is 0 Å². The van der Waals surface area contributed by atoms with E-state index in [0.717, 1.165) is 11.3 Å². The van der Waals surface area contributed by atoms with Crippen molar-refractivity contribution >= 4 is 28.0 Å². The lowest BCUT2D eigenvalue weighted by atomic mass is 10.2. The van der Waals surface area contributed by atoms with E-state index in [-0.39, 0.29) is 5.91 Å². The molecule has 26 heavy (non-hydrogen) atoms. The summed E-state index contributed by atoms with van der Waals surface area (Å²) < 4.78 is 6.89. The highest BCUT2D eigenvalue weighted by Crippen LogP contribution is 2.20. The Bertz CT molecular complexity index is 1060. The third-order valence-corrected chi connectivity index (χ3v) is 4.56. The summed E-state index contributed by atoms with van der Waals surface area (Å²) in [5.74, 6) is -0.253. The van der Waals surface area contributed by atoms with Crippen LogP contribution in [0.1, 0.15) is 15.4 Å². The summed E-state index contributed by atoms with van der Waals surface area (Å²) in [7, 11) is 1.59. The second kappa shape index (κ2) is 7.03. The van der Waals surface area contributed by atoms with Crippen LogP contribution < -0.4 is 5.32 Å². The lowest BCUT2D eigenvalue weighted by Crippen LogP contribution is -2.12. The fourth-order valence-corrected chi connectivity index (χ4v) is 3.23. The van der Waals surface area contributed by atoms with E-state index in [2.05, 4.69) is 20.5 Å². The van der Waals surface area contributed by atoms with Crippen LogP contribution in [0.3, 0.4) is 0 Å². The molecule has 0 unspecified atom stereocenters. The number of amides is 1. The molecule has 0 aliphatic carbocycles. The van der Waals surface area contributed by atoms with Crippen LogP contribution in [0.5, 0.6) is 0 Å². The van der Waals surface area contributed by atoms with E-state index in [1.165, 1.54) is 11.3 Å². The fraction of sp³-hybridized carbons (Fsp3) is 0.111. The number of benzene rings is 1. The number of fused-ring (bicyclic) bond motifs is 1. The smallest absolute Gasteiger partial charge is 0.257 e. The first-order valence-electron chi connectivity index (χ1n) is 7.90. The van der Waals surface area contributed by atoms with E-state index >= 15 is 0 Å². The van der Waals surface area contributed by atoms with Gasteiger partial charge in [0.2, 0.25) is 5.13 Å². The van der Waals surface area contributed by atoms with E-state index < -0.39 is 0 Å². The molecule has 8 heteroatoms. The summed E-state index contributed by atoms with van der Waals surface area (Å²) in [5, 5.41) is 11.8. The zero-order valence-corrected chi connectivity index (χ0v) is 14.7. The van der Waals surface area contributed by atoms with Gasteiger partial charge in [0.15, 0.2) is 0 Å². The molecule has 0 atom stereocenters. The van der Waals surface area contributed by atoms with Gasteiger partial charge < -0.3 is 9.14 Å². The normalized spacial score (nSPS) is 11.0. The maximum Gasteiger partial charge on any atom is 0.257 e. The molecule has 1 N–H and O–H groups in total. The van der Waals surface area contributed by atoms with E-state index in [4.69, 9.17) is 4.74 Å². The lowest BCUT2D eigenvalue weighted by molar-refractivity contribution is 0.102. The molecule has 0 saturated heterocycles. The summed E-state index contributed by atoms with van der Waals surface area (Å²) in [5.41, 5.74) is 3.10. The Morgan fingerprint density at radius 2 is 2.08 bits per heavy atom. The van der Waals surface area contributed by atoms with E-state index in [1.807, 2.05) is 47.1 Å². The molecular weight excluding hydrogens is 350 g/mol. The van der Waals surface area contributed by atoms with Crippen molar-refractivity contribution in [3.63, 3.8) is 0 Å². The topological polar surface area (TPSA) is 81.4 Å². The molecule has 0 bridgehead atoms. The summed E-state index contributed by atoms with van der Waals surface area (Å²) in [4.78, 5) is 17.1. The van der Waals surface area contributed by atoms with Gasteiger partial charge in [-0.2, -0.15) is 0 Å². The van der Waals surface area contributed by atoms with Gasteiger partial charge in [-0.3, -0.25) is 10.1 Å². The molecule has 0 radical (unpaired) electrons. The van der Waals surface area contributed by atoms with Crippen molar-refractivity contribution in [1.29, 1.82) is 0 Å². The van der Waals surface area contributed by atoms with Gasteiger partial charge in [-0.15, -0.1) is 10.2 Å². The predicted octanol–water partition coefficient (Wildman–Crippen LogP) is 3.25. The number of methoxy groups -OCH3 is 1. The average molecular weight is 365 g/mol. The minimum atomic E-state index is -0.253. The van der Waals surface area contributed by atoms with Crippen LogP contribution in [-0.4, -0.2) is 32.6 Å². The van der Waals surface area contributed by atoms with Crippen molar-refractivity contribution < 1.29 is 9.53 Å². The standard InChI is InChI=1S/C18H15N5O2S/c1-25-11-16-21-22-18(26-16)20-17(24)13-7-8-23-10-14(19-15(23)9-13)12-5-3-2-4-6-12/h2-10H,11H2,1H3,(H,20,22,24). The van der Waals surface area contributed by atoms with Crippen molar-refractivity contribution in [2.45, 2.75) is 6.61 Å². The van der Waals surface area contributed by atoms with Crippen LogP contribution in [0.4, 0.5) is 5.13 Å². The molecule has 1 amide bonds. The van der Waals surface area contributed by atoms with Crippen LogP contribution >= 0.6 is 11.3 Å². The molecule has 0 aliphatic rings. The van der Waals surface area contributed by atoms with Crippen molar-refractivity contribution in [3.8, 4) is 11.3 Å². The molecule has 4 rings (SSSR count). The van der Waals surface area contributed by atoms with Crippen molar-refractivity contribution in [3.05, 3.63) is 65.4 Å². The molecule has 0 spiro atoms. The van der Waals surface area contributed by atoms with E-state index in [0.29, 0.717) is 28.0 Å². The number of carbonyl (C=O) groups is 1. The number of pyridine rings is 1. The van der Waals surface area contributed by atoms with E-state index in [1.54, 1.807) is 19.2 Å². The van der Waals surface area contributed by atoms with Crippen LogP contribution in [-0.2, 0) is 11.3 Å². The first-order chi connectivity index (χ1) is 12.7. The molecule has 0 saturated carbocycles. The minimum Gasteiger partial charge on any atom is -0.377 e. The predicted molar refractivity (Wildman–Crippen MR) is 99.2 cm³/mol. The molecule has 1 aromatic carbocycles. The van der Waals surface area contributed by atoms with Crippen molar-refractivity contribution in [2.24, 2.45) is 0 Å². The molecule has 4 aromatic rings. The highest BCUT2D eigenvalue weighted by atomic mass is 32.1. The van der Waals surface area contributed by atoms with Gasteiger partial charge in [-0.1, -0.05) is 41.7 Å². The van der Waals surface area contributed by atoms with Gasteiger partial charge in [0.1, 0.15) is 17.3 Å². The fourth-order valence-electron chi connectivity index (χ4n) is 2.53. The maximum absolute atomic E-state index is 12.5. The van der Waals surface area contributed by atoms with Crippen molar-refractivity contribution in [2.75, 3.05) is 12.4 Å². The summed E-state index contributed by atoms with van der Waals surface area (Å²) in [6.07, 6.45) is 3.76. The van der Waals surface area contributed by atoms with Gasteiger partial charge in [0, 0.05) is 30.6 Å². The number of hydrogen-bond acceptors (Lipinski definition) is 6. The van der Waals surface area contributed by atoms with Crippen LogP contribution in [0, 0.1) is 0 Å². The van der Waals surface area contributed by atoms with Crippen LogP contribution in [0.15, 0.2) is 54.9 Å². The first-order valence-corrected chi connectivity index (χ1v) is 8.71. The third kappa shape index (κ3) is 3.32. The number of aromatic nitrogens is 4. The third-order valence-electron chi connectivity index (χ3n) is 3.75. The highest BCUT2D eigenvalue weighted by Gasteiger charge is 2.12. The molecule has 3 aromatic heterocycles. The first kappa shape index (κ1) is 16.4. The van der Waals surface area contributed by atoms with Crippen molar-refractivity contribution in [1.82, 2.24) is 19.6 Å². The van der Waals surface area contributed by atoms with Gasteiger partial charge in [0.05, 0.1) is 5.69 Å². The summed E-state index contributed by atoms with van der Waals surface area (Å²) >= 11 is 1.29. The Balaban J connectivity index is 1.57. The van der Waals surface area contributed by atoms with Gasteiger partial charge in [-0.25, -0.2) is 4.98 Å². The lowest BCUT2D eigenvalue weighted by Gasteiger charge is -2.01. The monoisotopic (exact) mass is 365 g/mol. The molecule has 3 heterocycles. The minimum absolute atomic E-state index is 0.253. The maximum atomic E-state index is 12.5. The van der Waals surface area contributed by atoms with Gasteiger partial charge in [-0.05, 0) is 12.1 Å². The summed E-state index contributed by atoms with van der Waals surface area (Å²) in [6, 6.07) is 13.4. The Morgan fingerprint density at radius 1 is 1.23 bits per heavy atom. The molecular formula is C18H15N5O2S. The zero-order valence-electron chi connectivity index (χ0n) is 13.9. The van der Waals surface area contributed by atoms with Crippen LogP contribution in [0.25, 0.3) is 16.9 Å². The highest BCUT2D eigenvalue weighted by molar-refractivity contribution is 7.15. The van der Waals surface area contributed by atoms with Gasteiger partial charge in [0.25, 0.3) is 5.91 Å². The number of carbonyl (C=O) groups excluding carboxylic acids is 1. The Kier molecular flexibility index (Phi) is 4.42. The second-order valence-corrected chi connectivity index (χ2v) is 6.62. The summed E-state index contributed by atoms with van der Waals surface area (Å²) in [6.45, 7) is 0.371. The Labute approximate surface area is 153 Å². The number of hydrogen-bond donors (Lipinski definition) is 1. The zero-order chi connectivity index (χ0) is 17.9. The van der Waals surface area contributed by atoms with Crippen LogP contribution in [0.2, 0.25) is 0 Å². The Hall–Kier alpha value is -3.10. The molecule has 130 valence electrons. The molecule has 0 aliphatic heterocycles. The second-order valence-electron chi connectivity index (χ2n) is 5.56. The largest absolute Gasteiger partial charge is 0.377 e. The number of imidazole rings is 1. The average Bonchev–Trinajstić information content (AvgIpc) is 3.28. The SMILES string of the molecule is COCc1nnc(NC(=O)c2ccn3cc(-c4ccccc4)nc3c2)s1. The van der Waals surface area contributed by atoms with E-state index in [9.17, 15) is 4.79 Å². The number of nitrogens with zero attached hydrogens (tertiary/aromatic N) is 4. The number of ether oxygens (including phenoxy) is 1. The number of nitrogens with one attached hydrogen (secondary N) is 1. The number of anilines is 1. The molecule has 0 fully saturated rings. The number of rotatable bonds is 5. The quantitative estimate of drug-likeness (QED) is 0.587.